The smallest absolute Gasteiger partial charge is 0.187 e. The fourth-order valence-electron chi connectivity index (χ4n) is 4.71. The van der Waals surface area contributed by atoms with Crippen molar-refractivity contribution in [2.75, 3.05) is 26.9 Å². The van der Waals surface area contributed by atoms with E-state index in [4.69, 9.17) is 28.4 Å². The summed E-state index contributed by atoms with van der Waals surface area (Å²) < 4.78 is 33.4. The van der Waals surface area contributed by atoms with E-state index in [2.05, 4.69) is 0 Å². The van der Waals surface area contributed by atoms with Crippen molar-refractivity contribution in [2.24, 2.45) is 5.92 Å². The van der Waals surface area contributed by atoms with Crippen molar-refractivity contribution in [3.05, 3.63) is 0 Å². The van der Waals surface area contributed by atoms with Crippen molar-refractivity contribution in [3.8, 4) is 0 Å². The first-order valence-corrected chi connectivity index (χ1v) is 11.6. The maximum atomic E-state index is 11.0. The van der Waals surface area contributed by atoms with Crippen molar-refractivity contribution in [3.63, 3.8) is 0 Å². The Morgan fingerprint density at radius 2 is 1.20 bits per heavy atom. The van der Waals surface area contributed by atoms with Crippen LogP contribution in [0.4, 0.5) is 0 Å². The summed E-state index contributed by atoms with van der Waals surface area (Å²) in [5.74, 6) is -0.284. The second-order valence-electron chi connectivity index (χ2n) is 9.23. The van der Waals surface area contributed by atoms with E-state index in [0.717, 1.165) is 0 Å². The van der Waals surface area contributed by atoms with Crippen LogP contribution in [0.2, 0.25) is 0 Å². The zero-order chi connectivity index (χ0) is 26.0. The van der Waals surface area contributed by atoms with E-state index in [-0.39, 0.29) is 12.0 Å². The highest BCUT2D eigenvalue weighted by molar-refractivity contribution is 4.97. The van der Waals surface area contributed by atoms with E-state index in [1.807, 2.05) is 0 Å². The van der Waals surface area contributed by atoms with Gasteiger partial charge in [-0.3, -0.25) is 0 Å². The molecule has 15 atom stereocenters. The monoisotopic (exact) mass is 514 g/mol. The summed E-state index contributed by atoms with van der Waals surface area (Å²) in [6.45, 7) is 1.67. The summed E-state index contributed by atoms with van der Waals surface area (Å²) >= 11 is 0. The third kappa shape index (κ3) is 5.81. The molecule has 14 nitrogen and oxygen atoms in total. The van der Waals surface area contributed by atoms with Crippen LogP contribution in [0.5, 0.6) is 0 Å². The highest BCUT2D eigenvalue weighted by Gasteiger charge is 2.53. The van der Waals surface area contributed by atoms with E-state index >= 15 is 0 Å². The van der Waals surface area contributed by atoms with Gasteiger partial charge in [-0.05, 0) is 6.92 Å². The molecule has 0 aromatic heterocycles. The zero-order valence-electron chi connectivity index (χ0n) is 19.8. The molecule has 0 aliphatic carbocycles. The lowest BCUT2D eigenvalue weighted by Crippen LogP contribution is -2.65. The van der Waals surface area contributed by atoms with Crippen molar-refractivity contribution >= 4 is 0 Å². The number of rotatable bonds is 9. The Morgan fingerprint density at radius 3 is 1.69 bits per heavy atom. The SMILES string of the molecule is CO[C@@H]1C(O)[C@H](O[C@@H]2C(O)[C@@H](OC3[C@H]([C@H](O)CO)O[C@H](C)[C@H]3C)OC(CO)[C@@H]2O)OC(CO)[C@@H]1O. The molecule has 3 saturated heterocycles. The summed E-state index contributed by atoms with van der Waals surface area (Å²) in [5.41, 5.74) is 0. The van der Waals surface area contributed by atoms with Crippen molar-refractivity contribution in [1.82, 2.24) is 0 Å². The number of hydrogen-bond donors (Lipinski definition) is 8. The van der Waals surface area contributed by atoms with Crippen LogP contribution >= 0.6 is 0 Å². The first kappa shape index (κ1) is 29.0. The van der Waals surface area contributed by atoms with Gasteiger partial charge in [0.25, 0.3) is 0 Å². The molecule has 3 heterocycles. The maximum Gasteiger partial charge on any atom is 0.187 e. The molecular weight excluding hydrogens is 476 g/mol. The van der Waals surface area contributed by atoms with Crippen molar-refractivity contribution in [2.45, 2.75) is 99.7 Å². The molecule has 0 bridgehead atoms. The van der Waals surface area contributed by atoms with Gasteiger partial charge in [0, 0.05) is 13.0 Å². The van der Waals surface area contributed by atoms with Gasteiger partial charge in [-0.1, -0.05) is 6.92 Å². The highest BCUT2D eigenvalue weighted by atomic mass is 16.7. The number of methoxy groups -OCH3 is 1. The molecule has 5 unspecified atom stereocenters. The Bertz CT molecular complexity index is 656. The number of hydrogen-bond acceptors (Lipinski definition) is 14. The summed E-state index contributed by atoms with van der Waals surface area (Å²) in [6.07, 6.45) is -17.7. The minimum Gasteiger partial charge on any atom is -0.394 e. The Kier molecular flexibility index (Phi) is 10.2. The van der Waals surface area contributed by atoms with Gasteiger partial charge in [0.15, 0.2) is 12.6 Å². The van der Waals surface area contributed by atoms with Gasteiger partial charge in [0.05, 0.1) is 32.0 Å². The standard InChI is InChI=1S/C21H38O14/c1-7-8(2)31-17(9(25)4-22)16(7)34-21-15(29)19(13(27)11(6-24)33-21)35-20-14(28)18(30-3)12(26)10(5-23)32-20/h7-29H,4-6H2,1-3H3/t7-,8-,9-,10?,11?,12+,13+,14?,15?,16?,17+,18+,19+,20+,21-/m1/s1. The van der Waals surface area contributed by atoms with Gasteiger partial charge >= 0.3 is 0 Å². The van der Waals surface area contributed by atoms with Gasteiger partial charge in [-0.25, -0.2) is 0 Å². The fraction of sp³-hybridized carbons (Fsp3) is 1.00. The Labute approximate surface area is 202 Å². The number of aliphatic hydroxyl groups excluding tert-OH is 8. The fourth-order valence-corrected chi connectivity index (χ4v) is 4.71. The third-order valence-corrected chi connectivity index (χ3v) is 7.02. The summed E-state index contributed by atoms with van der Waals surface area (Å²) in [4.78, 5) is 0. The first-order chi connectivity index (χ1) is 16.6. The molecule has 0 amide bonds. The third-order valence-electron chi connectivity index (χ3n) is 7.02. The highest BCUT2D eigenvalue weighted by Crippen LogP contribution is 2.35. The normalized spacial score (nSPS) is 49.8. The molecule has 0 aromatic rings. The molecule has 14 heteroatoms. The van der Waals surface area contributed by atoms with E-state index in [9.17, 15) is 40.9 Å². The van der Waals surface area contributed by atoms with Crippen LogP contribution < -0.4 is 0 Å². The molecule has 0 aromatic carbocycles. The summed E-state index contributed by atoms with van der Waals surface area (Å²) in [5, 5.41) is 81.2. The van der Waals surface area contributed by atoms with Crippen molar-refractivity contribution < 1.29 is 69.3 Å². The Hall–Kier alpha value is -0.560. The second kappa shape index (κ2) is 12.3. The first-order valence-electron chi connectivity index (χ1n) is 11.6. The Morgan fingerprint density at radius 1 is 0.714 bits per heavy atom. The molecule has 3 rings (SSSR count). The van der Waals surface area contributed by atoms with Crippen LogP contribution in [-0.4, -0.2) is 154 Å². The van der Waals surface area contributed by atoms with Crippen LogP contribution in [0.25, 0.3) is 0 Å². The van der Waals surface area contributed by atoms with Gasteiger partial charge in [0.2, 0.25) is 0 Å². The van der Waals surface area contributed by atoms with E-state index in [1.165, 1.54) is 7.11 Å². The minimum absolute atomic E-state index is 0.284. The number of ether oxygens (including phenoxy) is 6. The minimum atomic E-state index is -1.67. The van der Waals surface area contributed by atoms with Gasteiger partial charge in [-0.15, -0.1) is 0 Å². The molecule has 3 aliphatic rings. The molecule has 0 radical (unpaired) electrons. The van der Waals surface area contributed by atoms with Gasteiger partial charge < -0.3 is 69.3 Å². The lowest BCUT2D eigenvalue weighted by molar-refractivity contribution is -0.366. The van der Waals surface area contributed by atoms with Crippen LogP contribution in [-0.2, 0) is 28.4 Å². The van der Waals surface area contributed by atoms with E-state index in [0.29, 0.717) is 0 Å². The average molecular weight is 515 g/mol. The Balaban J connectivity index is 1.79. The maximum absolute atomic E-state index is 11.0. The van der Waals surface area contributed by atoms with Crippen molar-refractivity contribution in [1.29, 1.82) is 0 Å². The molecule has 0 saturated carbocycles. The van der Waals surface area contributed by atoms with Crippen LogP contribution in [0.15, 0.2) is 0 Å². The van der Waals surface area contributed by atoms with Crippen LogP contribution in [0.3, 0.4) is 0 Å². The van der Waals surface area contributed by atoms with E-state index < -0.39 is 99.5 Å². The molecule has 0 spiro atoms. The van der Waals surface area contributed by atoms with E-state index in [1.54, 1.807) is 13.8 Å². The lowest BCUT2D eigenvalue weighted by atomic mass is 9.95. The molecular formula is C21H38O14. The molecule has 8 N–H and O–H groups in total. The van der Waals surface area contributed by atoms with Gasteiger partial charge in [0.1, 0.15) is 61.0 Å². The van der Waals surface area contributed by atoms with Crippen LogP contribution in [0, 0.1) is 5.92 Å². The van der Waals surface area contributed by atoms with Crippen LogP contribution in [0.1, 0.15) is 13.8 Å². The molecule has 206 valence electrons. The average Bonchev–Trinajstić information content (AvgIpc) is 3.12. The molecule has 3 aliphatic heterocycles. The quantitative estimate of drug-likeness (QED) is 0.145. The largest absolute Gasteiger partial charge is 0.394 e. The predicted octanol–water partition coefficient (Wildman–Crippen LogP) is -4.57. The second-order valence-corrected chi connectivity index (χ2v) is 9.23. The van der Waals surface area contributed by atoms with Gasteiger partial charge in [-0.2, -0.15) is 0 Å². The summed E-state index contributed by atoms with van der Waals surface area (Å²) in [7, 11) is 1.24. The zero-order valence-corrected chi connectivity index (χ0v) is 19.8. The topological polar surface area (TPSA) is 217 Å². The lowest BCUT2D eigenvalue weighted by Gasteiger charge is -2.47. The molecule has 35 heavy (non-hydrogen) atoms. The predicted molar refractivity (Wildman–Crippen MR) is 113 cm³/mol. The number of aliphatic hydroxyl groups is 8. The molecule has 3 fully saturated rings. The summed E-state index contributed by atoms with van der Waals surface area (Å²) in [6, 6.07) is 0.